The smallest absolute Gasteiger partial charge is 0.310 e. The van der Waals surface area contributed by atoms with Gasteiger partial charge in [-0.2, -0.15) is 0 Å². The fourth-order valence-electron chi connectivity index (χ4n) is 2.27. The van der Waals surface area contributed by atoms with Gasteiger partial charge in [0.15, 0.2) is 5.82 Å². The molecule has 2 aromatic heterocycles. The summed E-state index contributed by atoms with van der Waals surface area (Å²) in [5, 5.41) is 0. The molecule has 0 aliphatic rings. The van der Waals surface area contributed by atoms with Crippen LogP contribution in [0.2, 0.25) is 0 Å². The lowest BCUT2D eigenvalue weighted by atomic mass is 10.1. The first-order valence-corrected chi connectivity index (χ1v) is 7.62. The number of hydrogen-bond donors (Lipinski definition) is 0. The van der Waals surface area contributed by atoms with Crippen LogP contribution < -0.4 is 4.90 Å². The molecule has 2 rings (SSSR count). The van der Waals surface area contributed by atoms with E-state index in [0.29, 0.717) is 12.4 Å². The minimum absolute atomic E-state index is 0.226. The van der Waals surface area contributed by atoms with E-state index in [0.717, 1.165) is 23.5 Å². The standard InChI is InChI=1S/C17H22N4O2/c1-5-14-10-15(21(3)11-12(2)17(22)23-4)20-16(19-14)13-6-8-18-9-7-13/h6-10,12H,5,11H2,1-4H3. The van der Waals surface area contributed by atoms with Crippen molar-refractivity contribution < 1.29 is 9.53 Å². The lowest BCUT2D eigenvalue weighted by Crippen LogP contribution is -2.30. The molecular weight excluding hydrogens is 292 g/mol. The summed E-state index contributed by atoms with van der Waals surface area (Å²) >= 11 is 0. The fraction of sp³-hybridized carbons (Fsp3) is 0.412. The molecule has 6 heteroatoms. The number of carbonyl (C=O) groups is 1. The van der Waals surface area contributed by atoms with Crippen LogP contribution in [0.15, 0.2) is 30.6 Å². The molecule has 1 unspecified atom stereocenters. The maximum absolute atomic E-state index is 11.6. The van der Waals surface area contributed by atoms with Crippen molar-refractivity contribution in [3.8, 4) is 11.4 Å². The molecule has 0 bridgehead atoms. The lowest BCUT2D eigenvalue weighted by molar-refractivity contribution is -0.144. The van der Waals surface area contributed by atoms with Gasteiger partial charge in [0.05, 0.1) is 13.0 Å². The quantitative estimate of drug-likeness (QED) is 0.762. The Kier molecular flexibility index (Phi) is 5.62. The van der Waals surface area contributed by atoms with E-state index in [1.54, 1.807) is 12.4 Å². The predicted molar refractivity (Wildman–Crippen MR) is 89.1 cm³/mol. The van der Waals surface area contributed by atoms with Crippen LogP contribution in [0, 0.1) is 5.92 Å². The molecule has 23 heavy (non-hydrogen) atoms. The van der Waals surface area contributed by atoms with Gasteiger partial charge in [0.2, 0.25) is 0 Å². The van der Waals surface area contributed by atoms with Crippen molar-refractivity contribution in [2.45, 2.75) is 20.3 Å². The lowest BCUT2D eigenvalue weighted by Gasteiger charge is -2.22. The van der Waals surface area contributed by atoms with Gasteiger partial charge >= 0.3 is 5.97 Å². The van der Waals surface area contributed by atoms with Gasteiger partial charge in [-0.15, -0.1) is 0 Å². The van der Waals surface area contributed by atoms with E-state index < -0.39 is 0 Å². The first kappa shape index (κ1) is 16.9. The number of nitrogens with zero attached hydrogens (tertiary/aromatic N) is 4. The summed E-state index contributed by atoms with van der Waals surface area (Å²) in [6, 6.07) is 5.72. The van der Waals surface area contributed by atoms with Gasteiger partial charge in [-0.25, -0.2) is 9.97 Å². The van der Waals surface area contributed by atoms with E-state index in [2.05, 4.69) is 21.9 Å². The zero-order chi connectivity index (χ0) is 16.8. The molecule has 2 heterocycles. The molecule has 0 aliphatic carbocycles. The Hall–Kier alpha value is -2.50. The number of carbonyl (C=O) groups excluding carboxylic acids is 1. The number of hydrogen-bond acceptors (Lipinski definition) is 6. The SMILES string of the molecule is CCc1cc(N(C)CC(C)C(=O)OC)nc(-c2ccncc2)n1. The maximum atomic E-state index is 11.6. The molecule has 0 aliphatic heterocycles. The first-order chi connectivity index (χ1) is 11.0. The predicted octanol–water partition coefficient (Wildman–Crippen LogP) is 2.35. The Morgan fingerprint density at radius 1 is 1.30 bits per heavy atom. The van der Waals surface area contributed by atoms with Gasteiger partial charge in [-0.3, -0.25) is 9.78 Å². The minimum atomic E-state index is -0.227. The van der Waals surface area contributed by atoms with Crippen LogP contribution in [0.3, 0.4) is 0 Å². The van der Waals surface area contributed by atoms with Gasteiger partial charge in [0.1, 0.15) is 5.82 Å². The van der Waals surface area contributed by atoms with E-state index >= 15 is 0 Å². The van der Waals surface area contributed by atoms with Crippen molar-refractivity contribution in [1.29, 1.82) is 0 Å². The highest BCUT2D eigenvalue weighted by Crippen LogP contribution is 2.20. The van der Waals surface area contributed by atoms with Gasteiger partial charge in [-0.1, -0.05) is 13.8 Å². The van der Waals surface area contributed by atoms with Crippen LogP contribution in [0.25, 0.3) is 11.4 Å². The second kappa shape index (κ2) is 7.67. The zero-order valence-corrected chi connectivity index (χ0v) is 14.0. The van der Waals surface area contributed by atoms with Crippen LogP contribution in [0.5, 0.6) is 0 Å². The highest BCUT2D eigenvalue weighted by atomic mass is 16.5. The normalized spacial score (nSPS) is 11.8. The van der Waals surface area contributed by atoms with Crippen LogP contribution in [-0.2, 0) is 16.0 Å². The summed E-state index contributed by atoms with van der Waals surface area (Å²) in [5.74, 6) is 1.00. The average Bonchev–Trinajstić information content (AvgIpc) is 2.61. The highest BCUT2D eigenvalue weighted by molar-refractivity contribution is 5.72. The summed E-state index contributed by atoms with van der Waals surface area (Å²) in [5.41, 5.74) is 1.88. The molecule has 0 saturated heterocycles. The number of aromatic nitrogens is 3. The van der Waals surface area contributed by atoms with E-state index in [-0.39, 0.29) is 11.9 Å². The number of anilines is 1. The molecule has 6 nitrogen and oxygen atoms in total. The van der Waals surface area contributed by atoms with Gasteiger partial charge < -0.3 is 9.64 Å². The molecule has 2 aromatic rings. The number of pyridine rings is 1. The molecule has 122 valence electrons. The second-order valence-electron chi connectivity index (χ2n) is 5.44. The van der Waals surface area contributed by atoms with E-state index in [1.165, 1.54) is 7.11 Å². The Bertz CT molecular complexity index is 661. The summed E-state index contributed by atoms with van der Waals surface area (Å²) in [7, 11) is 3.32. The van der Waals surface area contributed by atoms with Crippen molar-refractivity contribution in [2.75, 3.05) is 25.6 Å². The van der Waals surface area contributed by atoms with Crippen molar-refractivity contribution in [2.24, 2.45) is 5.92 Å². The van der Waals surface area contributed by atoms with E-state index in [4.69, 9.17) is 4.74 Å². The summed E-state index contributed by atoms with van der Waals surface area (Å²) in [6.45, 7) is 4.43. The van der Waals surface area contributed by atoms with Gasteiger partial charge in [0, 0.05) is 43.3 Å². The van der Waals surface area contributed by atoms with Crippen molar-refractivity contribution in [3.63, 3.8) is 0 Å². The largest absolute Gasteiger partial charge is 0.469 e. The molecule has 0 radical (unpaired) electrons. The first-order valence-electron chi connectivity index (χ1n) is 7.62. The topological polar surface area (TPSA) is 68.2 Å². The molecule has 1 atom stereocenters. The summed E-state index contributed by atoms with van der Waals surface area (Å²) < 4.78 is 4.78. The molecule has 0 amide bonds. The minimum Gasteiger partial charge on any atom is -0.469 e. The average molecular weight is 314 g/mol. The zero-order valence-electron chi connectivity index (χ0n) is 14.0. The monoisotopic (exact) mass is 314 g/mol. The van der Waals surface area contributed by atoms with Crippen molar-refractivity contribution in [1.82, 2.24) is 15.0 Å². The van der Waals surface area contributed by atoms with Crippen molar-refractivity contribution >= 4 is 11.8 Å². The Balaban J connectivity index is 2.29. The summed E-state index contributed by atoms with van der Waals surface area (Å²) in [6.07, 6.45) is 4.26. The van der Waals surface area contributed by atoms with Crippen LogP contribution >= 0.6 is 0 Å². The van der Waals surface area contributed by atoms with Crippen LogP contribution in [-0.4, -0.2) is 41.6 Å². The number of esters is 1. The maximum Gasteiger partial charge on any atom is 0.310 e. The molecule has 0 fully saturated rings. The fourth-order valence-corrected chi connectivity index (χ4v) is 2.27. The number of ether oxygens (including phenoxy) is 1. The molecule has 0 saturated carbocycles. The highest BCUT2D eigenvalue weighted by Gasteiger charge is 2.17. The number of methoxy groups -OCH3 is 1. The van der Waals surface area contributed by atoms with Gasteiger partial charge in [0.25, 0.3) is 0 Å². The molecule has 0 aromatic carbocycles. The second-order valence-corrected chi connectivity index (χ2v) is 5.44. The molecule has 0 N–H and O–H groups in total. The Labute approximate surface area is 136 Å². The third kappa shape index (κ3) is 4.25. The Morgan fingerprint density at radius 3 is 2.61 bits per heavy atom. The van der Waals surface area contributed by atoms with Crippen molar-refractivity contribution in [3.05, 3.63) is 36.3 Å². The molecule has 0 spiro atoms. The van der Waals surface area contributed by atoms with Gasteiger partial charge in [-0.05, 0) is 18.6 Å². The Morgan fingerprint density at radius 2 is 2.00 bits per heavy atom. The molecular formula is C17H22N4O2. The van der Waals surface area contributed by atoms with E-state index in [9.17, 15) is 4.79 Å². The number of aryl methyl sites for hydroxylation is 1. The number of rotatable bonds is 6. The summed E-state index contributed by atoms with van der Waals surface area (Å²) in [4.78, 5) is 26.8. The van der Waals surface area contributed by atoms with Crippen LogP contribution in [0.4, 0.5) is 5.82 Å². The van der Waals surface area contributed by atoms with Crippen LogP contribution in [0.1, 0.15) is 19.5 Å². The van der Waals surface area contributed by atoms with E-state index in [1.807, 2.05) is 37.1 Å². The third-order valence-electron chi connectivity index (χ3n) is 3.61. The third-order valence-corrected chi connectivity index (χ3v) is 3.61.